The van der Waals surface area contributed by atoms with Crippen molar-refractivity contribution in [3.05, 3.63) is 29.8 Å². The molecule has 6 heteroatoms. The lowest BCUT2D eigenvalue weighted by atomic mass is 9.78. The second kappa shape index (κ2) is 5.71. The molecule has 0 aliphatic carbocycles. The summed E-state index contributed by atoms with van der Waals surface area (Å²) in [6.07, 6.45) is -0.472. The lowest BCUT2D eigenvalue weighted by Gasteiger charge is -2.32. The van der Waals surface area contributed by atoms with Gasteiger partial charge in [0.15, 0.2) is 9.84 Å². The molecule has 112 valence electrons. The summed E-state index contributed by atoms with van der Waals surface area (Å²) in [4.78, 5) is 0. The maximum Gasteiger partial charge on any atom is 0.151 e. The second-order valence-corrected chi connectivity index (χ2v) is 7.50. The molecular weight excluding hydrogens is 278 g/mol. The fourth-order valence-corrected chi connectivity index (χ4v) is 4.85. The Hall–Kier alpha value is -1.11. The zero-order valence-corrected chi connectivity index (χ0v) is 12.4. The van der Waals surface area contributed by atoms with Crippen LogP contribution in [0.4, 0.5) is 0 Å². The van der Waals surface area contributed by atoms with E-state index < -0.39 is 21.4 Å². The van der Waals surface area contributed by atoms with Gasteiger partial charge in [-0.05, 0) is 31.0 Å². The summed E-state index contributed by atoms with van der Waals surface area (Å²) < 4.78 is 28.7. The zero-order chi connectivity index (χ0) is 14.8. The van der Waals surface area contributed by atoms with Gasteiger partial charge in [-0.3, -0.25) is 0 Å². The molecule has 1 aliphatic heterocycles. The summed E-state index contributed by atoms with van der Waals surface area (Å²) in [5.74, 6) is 0.771. The van der Waals surface area contributed by atoms with E-state index in [9.17, 15) is 13.5 Å². The first-order valence-corrected chi connectivity index (χ1v) is 8.56. The fraction of sp³-hybridized carbons (Fsp3) is 0.571. The Morgan fingerprint density at radius 3 is 2.50 bits per heavy atom. The largest absolute Gasteiger partial charge is 0.494 e. The minimum absolute atomic E-state index is 0.0507. The Morgan fingerprint density at radius 1 is 1.40 bits per heavy atom. The van der Waals surface area contributed by atoms with Gasteiger partial charge in [-0.2, -0.15) is 0 Å². The minimum atomic E-state index is -3.10. The van der Waals surface area contributed by atoms with Crippen molar-refractivity contribution in [2.45, 2.75) is 19.4 Å². The van der Waals surface area contributed by atoms with E-state index in [2.05, 4.69) is 0 Å². The van der Waals surface area contributed by atoms with Crippen LogP contribution >= 0.6 is 0 Å². The summed E-state index contributed by atoms with van der Waals surface area (Å²) in [6, 6.07) is 7.07. The molecule has 20 heavy (non-hydrogen) atoms. The number of hydrogen-bond donors (Lipinski definition) is 2. The fourth-order valence-electron chi connectivity index (χ4n) is 2.70. The Kier molecular flexibility index (Phi) is 4.36. The van der Waals surface area contributed by atoms with Gasteiger partial charge >= 0.3 is 0 Å². The molecule has 0 saturated carbocycles. The second-order valence-electron chi connectivity index (χ2n) is 5.31. The number of sulfone groups is 1. The van der Waals surface area contributed by atoms with E-state index in [1.165, 1.54) is 0 Å². The van der Waals surface area contributed by atoms with Crippen LogP contribution in [0.5, 0.6) is 5.75 Å². The zero-order valence-electron chi connectivity index (χ0n) is 11.6. The molecule has 2 unspecified atom stereocenters. The van der Waals surface area contributed by atoms with E-state index in [0.717, 1.165) is 5.75 Å². The average molecular weight is 299 g/mol. The summed E-state index contributed by atoms with van der Waals surface area (Å²) in [7, 11) is -3.10. The van der Waals surface area contributed by atoms with Crippen LogP contribution in [-0.2, 0) is 9.84 Å². The van der Waals surface area contributed by atoms with E-state index in [1.807, 2.05) is 6.92 Å². The topological polar surface area (TPSA) is 89.6 Å². The van der Waals surface area contributed by atoms with Gasteiger partial charge < -0.3 is 15.6 Å². The number of hydrogen-bond acceptors (Lipinski definition) is 5. The first-order chi connectivity index (χ1) is 9.42. The Balaban J connectivity index is 2.23. The molecule has 2 rings (SSSR count). The third-order valence-electron chi connectivity index (χ3n) is 3.91. The van der Waals surface area contributed by atoms with Gasteiger partial charge in [0.2, 0.25) is 0 Å². The third-order valence-corrected chi connectivity index (χ3v) is 5.75. The molecule has 0 aromatic heterocycles. The molecule has 2 atom stereocenters. The van der Waals surface area contributed by atoms with Crippen molar-refractivity contribution < 1.29 is 18.3 Å². The van der Waals surface area contributed by atoms with E-state index in [1.54, 1.807) is 24.3 Å². The lowest BCUT2D eigenvalue weighted by molar-refractivity contribution is 0.0471. The van der Waals surface area contributed by atoms with E-state index in [4.69, 9.17) is 10.5 Å². The summed E-state index contributed by atoms with van der Waals surface area (Å²) in [6.45, 7) is 2.63. The van der Waals surface area contributed by atoms with Crippen LogP contribution in [0.15, 0.2) is 24.3 Å². The van der Waals surface area contributed by atoms with Crippen LogP contribution < -0.4 is 10.5 Å². The monoisotopic (exact) mass is 299 g/mol. The van der Waals surface area contributed by atoms with Gasteiger partial charge in [0.25, 0.3) is 0 Å². The van der Waals surface area contributed by atoms with E-state index in [-0.39, 0.29) is 18.1 Å². The molecule has 0 amide bonds. The molecule has 0 spiro atoms. The van der Waals surface area contributed by atoms with Crippen molar-refractivity contribution in [2.24, 2.45) is 11.1 Å². The van der Waals surface area contributed by atoms with Gasteiger partial charge in [0.1, 0.15) is 5.75 Å². The van der Waals surface area contributed by atoms with Crippen molar-refractivity contribution in [3.63, 3.8) is 0 Å². The molecule has 1 saturated heterocycles. The number of nitrogens with two attached hydrogens (primary N) is 1. The molecule has 1 aromatic carbocycles. The highest BCUT2D eigenvalue weighted by molar-refractivity contribution is 7.91. The molecule has 0 bridgehead atoms. The molecule has 3 N–H and O–H groups in total. The average Bonchev–Trinajstić information content (AvgIpc) is 2.76. The molecular formula is C14H21NO4S. The maximum absolute atomic E-state index is 11.7. The normalized spacial score (nSPS) is 26.4. The van der Waals surface area contributed by atoms with Gasteiger partial charge in [0.05, 0.1) is 24.2 Å². The van der Waals surface area contributed by atoms with Crippen LogP contribution in [0.1, 0.15) is 25.0 Å². The quantitative estimate of drug-likeness (QED) is 0.842. The summed E-state index contributed by atoms with van der Waals surface area (Å²) >= 11 is 0. The van der Waals surface area contributed by atoms with Crippen LogP contribution in [0.2, 0.25) is 0 Å². The first kappa shape index (κ1) is 15.3. The Morgan fingerprint density at radius 2 is 2.05 bits per heavy atom. The number of ether oxygens (including phenoxy) is 1. The number of aliphatic hydroxyl groups excluding tert-OH is 1. The van der Waals surface area contributed by atoms with Crippen molar-refractivity contribution in [2.75, 3.05) is 24.7 Å². The first-order valence-electron chi connectivity index (χ1n) is 6.74. The van der Waals surface area contributed by atoms with Gasteiger partial charge in [-0.1, -0.05) is 12.1 Å². The van der Waals surface area contributed by atoms with Crippen molar-refractivity contribution in [1.29, 1.82) is 0 Å². The molecule has 1 aromatic rings. The Labute approximate surface area is 119 Å². The number of benzene rings is 1. The minimum Gasteiger partial charge on any atom is -0.494 e. The maximum atomic E-state index is 11.7. The predicted molar refractivity (Wildman–Crippen MR) is 77.3 cm³/mol. The standard InChI is InChI=1S/C14H21NO4S/c1-2-19-12-5-3-11(4-6-12)13(16)14(9-15)7-8-20(17,18)10-14/h3-6,13,16H,2,7-10,15H2,1H3. The summed E-state index contributed by atoms with van der Waals surface area (Å²) in [5, 5.41) is 10.5. The van der Waals surface area contributed by atoms with Gasteiger partial charge in [-0.25, -0.2) is 8.42 Å². The third kappa shape index (κ3) is 2.97. The van der Waals surface area contributed by atoms with Crippen molar-refractivity contribution in [1.82, 2.24) is 0 Å². The van der Waals surface area contributed by atoms with Crippen molar-refractivity contribution >= 4 is 9.84 Å². The van der Waals surface area contributed by atoms with Crippen LogP contribution in [0.25, 0.3) is 0 Å². The molecule has 5 nitrogen and oxygen atoms in total. The Bertz CT molecular complexity index is 555. The highest BCUT2D eigenvalue weighted by Crippen LogP contribution is 2.42. The molecule has 1 fully saturated rings. The smallest absolute Gasteiger partial charge is 0.151 e. The van der Waals surface area contributed by atoms with E-state index >= 15 is 0 Å². The van der Waals surface area contributed by atoms with Crippen LogP contribution in [-0.4, -0.2) is 38.2 Å². The van der Waals surface area contributed by atoms with Gasteiger partial charge in [0, 0.05) is 12.0 Å². The SMILES string of the molecule is CCOc1ccc(C(O)C2(CN)CCS(=O)(=O)C2)cc1. The van der Waals surface area contributed by atoms with Crippen molar-refractivity contribution in [3.8, 4) is 5.75 Å². The van der Waals surface area contributed by atoms with Crippen LogP contribution in [0, 0.1) is 5.41 Å². The predicted octanol–water partition coefficient (Wildman–Crippen LogP) is 0.882. The molecule has 1 aliphatic rings. The van der Waals surface area contributed by atoms with Crippen LogP contribution in [0.3, 0.4) is 0 Å². The highest BCUT2D eigenvalue weighted by atomic mass is 32.2. The number of aliphatic hydroxyl groups is 1. The summed E-state index contributed by atoms with van der Waals surface area (Å²) in [5.41, 5.74) is 5.66. The number of rotatable bonds is 5. The molecule has 0 radical (unpaired) electrons. The highest BCUT2D eigenvalue weighted by Gasteiger charge is 2.46. The van der Waals surface area contributed by atoms with Gasteiger partial charge in [-0.15, -0.1) is 0 Å². The molecule has 1 heterocycles. The lowest BCUT2D eigenvalue weighted by Crippen LogP contribution is -2.38. The van der Waals surface area contributed by atoms with E-state index in [0.29, 0.717) is 18.6 Å².